The lowest BCUT2D eigenvalue weighted by Gasteiger charge is -2.33. The summed E-state index contributed by atoms with van der Waals surface area (Å²) in [4.78, 5) is 27.1. The summed E-state index contributed by atoms with van der Waals surface area (Å²) in [5.74, 6) is -0.0972. The molecule has 1 unspecified atom stereocenters. The van der Waals surface area contributed by atoms with Gasteiger partial charge in [0.1, 0.15) is 12.3 Å². The Morgan fingerprint density at radius 1 is 1.33 bits per heavy atom. The Labute approximate surface area is 139 Å². The molecule has 132 valence electrons. The third kappa shape index (κ3) is 4.33. The summed E-state index contributed by atoms with van der Waals surface area (Å²) in [7, 11) is 1.68. The van der Waals surface area contributed by atoms with Gasteiger partial charge in [0.05, 0.1) is 6.04 Å². The summed E-state index contributed by atoms with van der Waals surface area (Å²) in [5.41, 5.74) is 0.481. The van der Waals surface area contributed by atoms with Crippen molar-refractivity contribution >= 4 is 11.9 Å². The second-order valence-electron chi connectivity index (χ2n) is 5.56. The number of carbonyl (C=O) groups excluding carboxylic acids is 2. The molecule has 0 saturated carbocycles. The van der Waals surface area contributed by atoms with E-state index in [1.54, 1.807) is 30.1 Å². The summed E-state index contributed by atoms with van der Waals surface area (Å²) in [6.45, 7) is -0.198. The van der Waals surface area contributed by atoms with Gasteiger partial charge in [-0.3, -0.25) is 4.79 Å². The van der Waals surface area contributed by atoms with Gasteiger partial charge < -0.3 is 19.9 Å². The average Bonchev–Trinajstić information content (AvgIpc) is 2.55. The Morgan fingerprint density at radius 3 is 2.67 bits per heavy atom. The number of piperazine rings is 1. The Hall–Kier alpha value is -2.38. The van der Waals surface area contributed by atoms with Gasteiger partial charge in [0.2, 0.25) is 5.91 Å². The summed E-state index contributed by atoms with van der Waals surface area (Å²) in [6.07, 6.45) is 0.497. The molecule has 1 saturated heterocycles. The number of ether oxygens (including phenoxy) is 1. The van der Waals surface area contributed by atoms with Crippen LogP contribution < -0.4 is 10.1 Å². The Balaban J connectivity index is 2.09. The molecule has 1 atom stereocenters. The van der Waals surface area contributed by atoms with E-state index >= 15 is 0 Å². The zero-order chi connectivity index (χ0) is 17.7. The number of carbonyl (C=O) groups is 2. The largest absolute Gasteiger partial charge is 0.434 e. The fourth-order valence-corrected chi connectivity index (χ4v) is 2.54. The summed E-state index contributed by atoms with van der Waals surface area (Å²) in [6, 6.07) is 5.49. The van der Waals surface area contributed by atoms with Gasteiger partial charge in [-0.2, -0.15) is 8.78 Å². The van der Waals surface area contributed by atoms with E-state index in [-0.39, 0.29) is 18.2 Å². The fraction of sp³-hybridized carbons (Fsp3) is 0.500. The highest BCUT2D eigenvalue weighted by atomic mass is 19.3. The zero-order valence-electron chi connectivity index (χ0n) is 13.7. The minimum absolute atomic E-state index is 0.00789. The summed E-state index contributed by atoms with van der Waals surface area (Å²) < 4.78 is 29.6. The molecule has 1 aliphatic heterocycles. The lowest BCUT2D eigenvalue weighted by Crippen LogP contribution is -2.53. The third-order valence-corrected chi connectivity index (χ3v) is 3.96. The van der Waals surface area contributed by atoms with E-state index in [4.69, 9.17) is 0 Å². The number of para-hydroxylation sites is 1. The van der Waals surface area contributed by atoms with Gasteiger partial charge in [-0.05, 0) is 12.5 Å². The van der Waals surface area contributed by atoms with E-state index in [0.717, 1.165) is 0 Å². The van der Waals surface area contributed by atoms with E-state index in [0.29, 0.717) is 25.1 Å². The molecule has 6 nitrogen and oxygen atoms in total. The highest BCUT2D eigenvalue weighted by Crippen LogP contribution is 2.28. The lowest BCUT2D eigenvalue weighted by molar-refractivity contribution is -0.133. The van der Waals surface area contributed by atoms with Crippen LogP contribution >= 0.6 is 0 Å². The smallest absolute Gasteiger partial charge is 0.387 e. The number of likely N-dealkylation sites (N-methyl/N-ethyl adjacent to an activating group) is 1. The number of nitrogens with zero attached hydrogens (tertiary/aromatic N) is 2. The second-order valence-corrected chi connectivity index (χ2v) is 5.56. The molecule has 0 aromatic heterocycles. The quantitative estimate of drug-likeness (QED) is 0.893. The molecule has 24 heavy (non-hydrogen) atoms. The number of benzene rings is 1. The molecule has 8 heteroatoms. The monoisotopic (exact) mass is 341 g/mol. The topological polar surface area (TPSA) is 61.9 Å². The lowest BCUT2D eigenvalue weighted by atomic mass is 10.0. The van der Waals surface area contributed by atoms with E-state index in [2.05, 4.69) is 10.1 Å². The number of hydrogen-bond donors (Lipinski definition) is 1. The van der Waals surface area contributed by atoms with Crippen LogP contribution in [-0.4, -0.2) is 55.0 Å². The predicted molar refractivity (Wildman–Crippen MR) is 83.8 cm³/mol. The molecule has 1 aromatic rings. The van der Waals surface area contributed by atoms with Crippen LogP contribution in [-0.2, 0) is 4.79 Å². The van der Waals surface area contributed by atoms with Gasteiger partial charge in [0, 0.05) is 25.7 Å². The SMILES string of the molecule is CCC(NC(=O)N1CCN(C)C(=O)C1)c1ccccc1OC(F)F. The van der Waals surface area contributed by atoms with Crippen LogP contribution in [0.3, 0.4) is 0 Å². The number of rotatable bonds is 5. The molecular formula is C16H21F2N3O3. The van der Waals surface area contributed by atoms with Crippen molar-refractivity contribution in [1.29, 1.82) is 0 Å². The van der Waals surface area contributed by atoms with Gasteiger partial charge in [-0.1, -0.05) is 25.1 Å². The first kappa shape index (κ1) is 18.0. The van der Waals surface area contributed by atoms with Crippen molar-refractivity contribution in [3.8, 4) is 5.75 Å². The van der Waals surface area contributed by atoms with Crippen molar-refractivity contribution in [3.63, 3.8) is 0 Å². The number of urea groups is 1. The van der Waals surface area contributed by atoms with Gasteiger partial charge in [-0.15, -0.1) is 0 Å². The summed E-state index contributed by atoms with van der Waals surface area (Å²) in [5, 5.41) is 2.79. The molecule has 0 bridgehead atoms. The van der Waals surface area contributed by atoms with Gasteiger partial charge in [0.15, 0.2) is 0 Å². The number of halogens is 2. The van der Waals surface area contributed by atoms with Crippen molar-refractivity contribution in [2.75, 3.05) is 26.7 Å². The fourth-order valence-electron chi connectivity index (χ4n) is 2.54. The van der Waals surface area contributed by atoms with Gasteiger partial charge in [0.25, 0.3) is 0 Å². The van der Waals surface area contributed by atoms with Gasteiger partial charge in [-0.25, -0.2) is 4.79 Å². The number of amides is 3. The zero-order valence-corrected chi connectivity index (χ0v) is 13.7. The molecule has 1 N–H and O–H groups in total. The van der Waals surface area contributed by atoms with Crippen molar-refractivity contribution in [2.45, 2.75) is 26.0 Å². The number of nitrogens with one attached hydrogen (secondary N) is 1. The highest BCUT2D eigenvalue weighted by molar-refractivity contribution is 5.85. The molecule has 0 aliphatic carbocycles. The van der Waals surface area contributed by atoms with Crippen LogP contribution in [0.15, 0.2) is 24.3 Å². The third-order valence-electron chi connectivity index (χ3n) is 3.96. The maximum Gasteiger partial charge on any atom is 0.387 e. The molecule has 0 spiro atoms. The van der Waals surface area contributed by atoms with E-state index in [1.165, 1.54) is 11.0 Å². The normalized spacial score (nSPS) is 16.3. The predicted octanol–water partition coefficient (Wildman–Crippen LogP) is 2.22. The average molecular weight is 341 g/mol. The first-order chi connectivity index (χ1) is 11.4. The molecule has 1 heterocycles. The van der Waals surface area contributed by atoms with Crippen LogP contribution in [0.2, 0.25) is 0 Å². The van der Waals surface area contributed by atoms with Crippen molar-refractivity contribution in [3.05, 3.63) is 29.8 Å². The van der Waals surface area contributed by atoms with Crippen LogP contribution in [0, 0.1) is 0 Å². The van der Waals surface area contributed by atoms with E-state index in [9.17, 15) is 18.4 Å². The first-order valence-electron chi connectivity index (χ1n) is 7.75. The van der Waals surface area contributed by atoms with Crippen LogP contribution in [0.1, 0.15) is 24.9 Å². The molecule has 1 fully saturated rings. The molecule has 1 aromatic carbocycles. The minimum Gasteiger partial charge on any atom is -0.434 e. The Bertz CT molecular complexity index is 598. The molecule has 1 aliphatic rings. The molecule has 0 radical (unpaired) electrons. The highest BCUT2D eigenvalue weighted by Gasteiger charge is 2.27. The van der Waals surface area contributed by atoms with Crippen LogP contribution in [0.25, 0.3) is 0 Å². The standard InChI is InChI=1S/C16H21F2N3O3/c1-3-12(11-6-4-5-7-13(11)24-15(17)18)19-16(23)21-9-8-20(2)14(22)10-21/h4-7,12,15H,3,8-10H2,1-2H3,(H,19,23). The summed E-state index contributed by atoms with van der Waals surface area (Å²) >= 11 is 0. The maximum absolute atomic E-state index is 12.5. The van der Waals surface area contributed by atoms with Crippen molar-refractivity contribution in [2.24, 2.45) is 0 Å². The van der Waals surface area contributed by atoms with Crippen LogP contribution in [0.4, 0.5) is 13.6 Å². The van der Waals surface area contributed by atoms with E-state index in [1.807, 2.05) is 6.92 Å². The minimum atomic E-state index is -2.94. The molecular weight excluding hydrogens is 320 g/mol. The van der Waals surface area contributed by atoms with Gasteiger partial charge >= 0.3 is 12.6 Å². The Kier molecular flexibility index (Phi) is 5.94. The number of alkyl halides is 2. The first-order valence-corrected chi connectivity index (χ1v) is 7.75. The van der Waals surface area contributed by atoms with Crippen LogP contribution in [0.5, 0.6) is 5.75 Å². The van der Waals surface area contributed by atoms with Crippen molar-refractivity contribution < 1.29 is 23.1 Å². The molecule has 2 rings (SSSR count). The molecule has 3 amide bonds. The van der Waals surface area contributed by atoms with E-state index < -0.39 is 18.7 Å². The number of hydrogen-bond acceptors (Lipinski definition) is 3. The second kappa shape index (κ2) is 7.94. The van der Waals surface area contributed by atoms with Crippen molar-refractivity contribution in [1.82, 2.24) is 15.1 Å². The maximum atomic E-state index is 12.5. The Morgan fingerprint density at radius 2 is 2.04 bits per heavy atom.